The molecule has 2 aliphatic heterocycles. The number of hydrogen-bond donors (Lipinski definition) is 4. The van der Waals surface area contributed by atoms with E-state index < -0.39 is 0 Å². The molecule has 1 spiro atoms. The summed E-state index contributed by atoms with van der Waals surface area (Å²) >= 11 is 0. The summed E-state index contributed by atoms with van der Waals surface area (Å²) in [5.74, 6) is 0.892. The lowest BCUT2D eigenvalue weighted by atomic mass is 9.84. The Kier molecular flexibility index (Phi) is 3.84. The summed E-state index contributed by atoms with van der Waals surface area (Å²) < 4.78 is 0. The predicted molar refractivity (Wildman–Crippen MR) is 70.9 cm³/mol. The van der Waals surface area contributed by atoms with Gasteiger partial charge in [-0.1, -0.05) is 0 Å². The molecule has 4 N–H and O–H groups in total. The Labute approximate surface area is 121 Å². The van der Waals surface area contributed by atoms with E-state index in [-0.39, 0.29) is 16.6 Å². The van der Waals surface area contributed by atoms with Crippen LogP contribution in [0.2, 0.25) is 0 Å². The zero-order valence-electron chi connectivity index (χ0n) is 11.1. The molecule has 2 heterocycles. The van der Waals surface area contributed by atoms with Crippen LogP contribution in [0.25, 0.3) is 0 Å². The normalized spacial score (nSPS) is 22.9. The van der Waals surface area contributed by atoms with Gasteiger partial charge in [0.05, 0.1) is 0 Å². The van der Waals surface area contributed by atoms with Crippen molar-refractivity contribution in [2.45, 2.75) is 0 Å². The number of nitrogens with one attached hydrogen (secondary N) is 4. The minimum Gasteiger partial charge on any atom is -0.369 e. The third kappa shape index (κ3) is 2.66. The zero-order valence-corrected chi connectivity index (χ0v) is 11.1. The fraction of sp³-hybridized carbons (Fsp3) is 0.385. The molecular formula is C13H12N8. The van der Waals surface area contributed by atoms with Crippen LogP contribution in [-0.2, 0) is 0 Å². The highest BCUT2D eigenvalue weighted by Gasteiger charge is 2.37. The largest absolute Gasteiger partial charge is 0.369 e. The summed E-state index contributed by atoms with van der Waals surface area (Å²) in [6, 6.07) is 7.33. The van der Waals surface area contributed by atoms with Crippen LogP contribution in [0.4, 0.5) is 0 Å². The molecule has 0 bridgehead atoms. The second-order valence-corrected chi connectivity index (χ2v) is 4.86. The molecule has 0 atom stereocenters. The zero-order chi connectivity index (χ0) is 15.3. The van der Waals surface area contributed by atoms with E-state index in [2.05, 4.69) is 21.3 Å². The molecule has 0 saturated carbocycles. The van der Waals surface area contributed by atoms with Crippen molar-refractivity contribution in [2.24, 2.45) is 5.41 Å². The molecule has 0 aromatic carbocycles. The van der Waals surface area contributed by atoms with Crippen molar-refractivity contribution in [3.05, 3.63) is 22.8 Å². The van der Waals surface area contributed by atoms with Crippen LogP contribution in [-0.4, -0.2) is 26.2 Å². The van der Waals surface area contributed by atoms with Gasteiger partial charge in [-0.25, -0.2) is 0 Å². The molecule has 2 fully saturated rings. The van der Waals surface area contributed by atoms with Gasteiger partial charge >= 0.3 is 0 Å². The van der Waals surface area contributed by atoms with Crippen molar-refractivity contribution >= 4 is 0 Å². The first-order valence-corrected chi connectivity index (χ1v) is 6.22. The third-order valence-electron chi connectivity index (χ3n) is 3.51. The van der Waals surface area contributed by atoms with Crippen LogP contribution in [0.1, 0.15) is 0 Å². The minimum absolute atomic E-state index is 0.0263. The van der Waals surface area contributed by atoms with Gasteiger partial charge in [0, 0.05) is 31.6 Å². The first-order chi connectivity index (χ1) is 10.2. The van der Waals surface area contributed by atoms with E-state index in [1.165, 1.54) is 0 Å². The Morgan fingerprint density at radius 3 is 1.19 bits per heavy atom. The second-order valence-electron chi connectivity index (χ2n) is 4.86. The van der Waals surface area contributed by atoms with Crippen molar-refractivity contribution in [1.82, 2.24) is 21.3 Å². The quantitative estimate of drug-likeness (QED) is 0.408. The molecule has 0 amide bonds. The molecule has 2 aliphatic rings. The smallest absolute Gasteiger partial charge is 0.169 e. The van der Waals surface area contributed by atoms with Crippen LogP contribution in [0.3, 0.4) is 0 Å². The van der Waals surface area contributed by atoms with Gasteiger partial charge in [-0.3, -0.25) is 0 Å². The van der Waals surface area contributed by atoms with E-state index >= 15 is 0 Å². The van der Waals surface area contributed by atoms with Crippen LogP contribution in [0.5, 0.6) is 0 Å². The molecule has 21 heavy (non-hydrogen) atoms. The fourth-order valence-electron chi connectivity index (χ4n) is 2.23. The summed E-state index contributed by atoms with van der Waals surface area (Å²) in [4.78, 5) is 0. The summed E-state index contributed by atoms with van der Waals surface area (Å²) in [5.41, 5.74) is -0.115. The Morgan fingerprint density at radius 1 is 0.667 bits per heavy atom. The number of nitrogens with zero attached hydrogens (tertiary/aromatic N) is 4. The lowest BCUT2D eigenvalue weighted by Gasteiger charge is -2.43. The highest BCUT2D eigenvalue weighted by atomic mass is 15.2. The maximum Gasteiger partial charge on any atom is 0.169 e. The van der Waals surface area contributed by atoms with E-state index in [4.69, 9.17) is 21.0 Å². The first kappa shape index (κ1) is 14.1. The summed E-state index contributed by atoms with van der Waals surface area (Å²) in [6.45, 7) is 2.29. The first-order valence-electron chi connectivity index (χ1n) is 6.22. The fourth-order valence-corrected chi connectivity index (χ4v) is 2.23. The number of allylic oxidation sites excluding steroid dienone is 2. The van der Waals surface area contributed by atoms with Gasteiger partial charge in [-0.15, -0.1) is 0 Å². The van der Waals surface area contributed by atoms with E-state index in [1.54, 1.807) is 0 Å². The molecule has 0 aliphatic carbocycles. The molecule has 0 unspecified atom stereocenters. The van der Waals surface area contributed by atoms with Crippen molar-refractivity contribution in [3.8, 4) is 24.3 Å². The molecular weight excluding hydrogens is 268 g/mol. The maximum atomic E-state index is 8.83. The predicted octanol–water partition coefficient (Wildman–Crippen LogP) is -1.12. The van der Waals surface area contributed by atoms with Crippen LogP contribution < -0.4 is 21.3 Å². The van der Waals surface area contributed by atoms with Gasteiger partial charge in [-0.2, -0.15) is 21.0 Å². The average molecular weight is 280 g/mol. The minimum atomic E-state index is -0.168. The summed E-state index contributed by atoms with van der Waals surface area (Å²) in [7, 11) is 0. The molecule has 0 radical (unpaired) electrons. The SMILES string of the molecule is N#CC(C#N)=C1NCC2(CN1)CNC(=C(C#N)C#N)NC2. The number of nitriles is 4. The number of hydrogen-bond acceptors (Lipinski definition) is 8. The van der Waals surface area contributed by atoms with Gasteiger partial charge in [-0.05, 0) is 0 Å². The Balaban J connectivity index is 2.06. The molecule has 0 aromatic rings. The monoisotopic (exact) mass is 280 g/mol. The van der Waals surface area contributed by atoms with Crippen molar-refractivity contribution < 1.29 is 0 Å². The van der Waals surface area contributed by atoms with Crippen molar-refractivity contribution in [1.29, 1.82) is 21.0 Å². The van der Waals surface area contributed by atoms with Gasteiger partial charge < -0.3 is 21.3 Å². The Hall–Kier alpha value is -3.36. The van der Waals surface area contributed by atoms with Crippen LogP contribution in [0, 0.1) is 50.7 Å². The highest BCUT2D eigenvalue weighted by Crippen LogP contribution is 2.22. The Bertz CT molecular complexity index is 557. The van der Waals surface area contributed by atoms with E-state index in [0.29, 0.717) is 37.8 Å². The maximum absolute atomic E-state index is 8.83. The lowest BCUT2D eigenvalue weighted by molar-refractivity contribution is 0.206. The average Bonchev–Trinajstić information content (AvgIpc) is 2.53. The highest BCUT2D eigenvalue weighted by molar-refractivity contribution is 5.41. The standard InChI is InChI=1S/C13H12N8/c14-1-9(2-15)11-18-5-13(6-19-11)7-20-12(21-8-13)10(3-16)4-17/h18-21H,5-8H2. The van der Waals surface area contributed by atoms with Gasteiger partial charge in [0.25, 0.3) is 0 Å². The van der Waals surface area contributed by atoms with Crippen molar-refractivity contribution in [2.75, 3.05) is 26.2 Å². The summed E-state index contributed by atoms with van der Waals surface area (Å²) in [6.07, 6.45) is 0. The van der Waals surface area contributed by atoms with Crippen LogP contribution in [0.15, 0.2) is 22.8 Å². The van der Waals surface area contributed by atoms with Crippen molar-refractivity contribution in [3.63, 3.8) is 0 Å². The molecule has 8 nitrogen and oxygen atoms in total. The van der Waals surface area contributed by atoms with E-state index in [1.807, 2.05) is 24.3 Å². The summed E-state index contributed by atoms with van der Waals surface area (Å²) in [5, 5.41) is 47.5. The second kappa shape index (κ2) is 5.74. The van der Waals surface area contributed by atoms with E-state index in [9.17, 15) is 0 Å². The molecule has 8 heteroatoms. The lowest BCUT2D eigenvalue weighted by Crippen LogP contribution is -2.62. The Morgan fingerprint density at radius 2 is 0.952 bits per heavy atom. The molecule has 0 aromatic heterocycles. The topological polar surface area (TPSA) is 143 Å². The van der Waals surface area contributed by atoms with Gasteiger partial charge in [0.2, 0.25) is 0 Å². The molecule has 2 rings (SSSR count). The molecule has 2 saturated heterocycles. The molecule has 104 valence electrons. The third-order valence-corrected chi connectivity index (χ3v) is 3.51. The number of rotatable bonds is 0. The van der Waals surface area contributed by atoms with Gasteiger partial charge in [0.15, 0.2) is 11.1 Å². The van der Waals surface area contributed by atoms with Crippen LogP contribution >= 0.6 is 0 Å². The van der Waals surface area contributed by atoms with Gasteiger partial charge in [0.1, 0.15) is 35.9 Å². The van der Waals surface area contributed by atoms with E-state index in [0.717, 1.165) is 0 Å².